The Morgan fingerprint density at radius 1 is 0.774 bits per heavy atom. The molecule has 2 rings (SSSR count). The molecule has 31 heavy (non-hydrogen) atoms. The van der Waals surface area contributed by atoms with Gasteiger partial charge in [0, 0.05) is 24.0 Å². The number of carbonyl (C=O) groups is 1. The first-order valence-corrected chi connectivity index (χ1v) is 11.8. The highest BCUT2D eigenvalue weighted by atomic mass is 16.3. The lowest BCUT2D eigenvalue weighted by Gasteiger charge is -2.08. The first kappa shape index (κ1) is 24.5. The van der Waals surface area contributed by atoms with Gasteiger partial charge in [0.2, 0.25) is 5.91 Å². The quantitative estimate of drug-likeness (QED) is 0.207. The lowest BCUT2D eigenvalue weighted by molar-refractivity contribution is -0.111. The molecule has 2 aromatic rings. The van der Waals surface area contributed by atoms with Gasteiger partial charge in [0.05, 0.1) is 0 Å². The van der Waals surface area contributed by atoms with Crippen molar-refractivity contribution in [2.24, 2.45) is 0 Å². The van der Waals surface area contributed by atoms with Crippen molar-refractivity contribution in [1.29, 1.82) is 0 Å². The van der Waals surface area contributed by atoms with E-state index in [1.807, 2.05) is 24.3 Å². The second-order valence-corrected chi connectivity index (χ2v) is 8.10. The molecule has 0 aliphatic rings. The molecule has 0 heterocycles. The molecule has 0 spiro atoms. The Kier molecular flexibility index (Phi) is 12.0. The smallest absolute Gasteiger partial charge is 0.248 e. The van der Waals surface area contributed by atoms with Crippen molar-refractivity contribution in [3.8, 4) is 5.75 Å². The zero-order valence-corrected chi connectivity index (χ0v) is 18.9. The van der Waals surface area contributed by atoms with E-state index in [4.69, 9.17) is 0 Å². The highest BCUT2D eigenvalue weighted by Crippen LogP contribution is 2.15. The zero-order valence-electron chi connectivity index (χ0n) is 18.9. The van der Waals surface area contributed by atoms with Crippen LogP contribution in [0.1, 0.15) is 76.7 Å². The number of nitrogens with one attached hydrogen (secondary N) is 2. The molecule has 0 unspecified atom stereocenters. The van der Waals surface area contributed by atoms with Crippen LogP contribution in [0.15, 0.2) is 54.6 Å². The summed E-state index contributed by atoms with van der Waals surface area (Å²) in [7, 11) is 0. The van der Waals surface area contributed by atoms with Crippen LogP contribution in [0.25, 0.3) is 6.08 Å². The number of aromatic hydroxyl groups is 1. The van der Waals surface area contributed by atoms with Crippen molar-refractivity contribution in [3.63, 3.8) is 0 Å². The molecule has 0 aromatic heterocycles. The van der Waals surface area contributed by atoms with Gasteiger partial charge in [-0.1, -0.05) is 76.8 Å². The van der Waals surface area contributed by atoms with Crippen LogP contribution in [0.3, 0.4) is 0 Å². The Labute approximate surface area is 187 Å². The van der Waals surface area contributed by atoms with Crippen LogP contribution in [-0.4, -0.2) is 17.6 Å². The fourth-order valence-electron chi connectivity index (χ4n) is 3.46. The molecule has 2 aromatic carbocycles. The van der Waals surface area contributed by atoms with E-state index in [0.717, 1.165) is 23.5 Å². The van der Waals surface area contributed by atoms with Crippen molar-refractivity contribution in [2.75, 3.05) is 17.2 Å². The van der Waals surface area contributed by atoms with E-state index in [1.54, 1.807) is 30.3 Å². The molecule has 0 fully saturated rings. The molecule has 0 aliphatic heterocycles. The molecule has 0 radical (unpaired) electrons. The predicted octanol–water partition coefficient (Wildman–Crippen LogP) is 7.38. The number of carbonyl (C=O) groups excluding carboxylic acids is 1. The highest BCUT2D eigenvalue weighted by Gasteiger charge is 1.99. The molecule has 4 nitrogen and oxygen atoms in total. The molecule has 3 N–H and O–H groups in total. The Hall–Kier alpha value is -2.75. The Morgan fingerprint density at radius 2 is 1.32 bits per heavy atom. The number of phenolic OH excluding ortho intramolecular Hbond substituents is 1. The monoisotopic (exact) mass is 422 g/mol. The van der Waals surface area contributed by atoms with Gasteiger partial charge in [0.25, 0.3) is 0 Å². The number of rotatable bonds is 15. The summed E-state index contributed by atoms with van der Waals surface area (Å²) >= 11 is 0. The molecule has 4 heteroatoms. The van der Waals surface area contributed by atoms with E-state index in [1.165, 1.54) is 70.3 Å². The summed E-state index contributed by atoms with van der Waals surface area (Å²) in [6.45, 7) is 3.25. The standard InChI is InChI=1S/C27H38N2O2/c1-2-3-4-5-6-7-8-9-10-11-22-28-24-15-17-25(18-16-24)29-27(31)21-14-23-12-19-26(30)20-13-23/h12-21,28,30H,2-11,22H2,1H3,(H,29,31). The second kappa shape index (κ2) is 15.1. The van der Waals surface area contributed by atoms with Crippen LogP contribution in [0.5, 0.6) is 5.75 Å². The number of phenols is 1. The number of hydrogen-bond donors (Lipinski definition) is 3. The maximum Gasteiger partial charge on any atom is 0.248 e. The first-order chi connectivity index (χ1) is 15.2. The number of unbranched alkanes of at least 4 members (excludes halogenated alkanes) is 9. The van der Waals surface area contributed by atoms with E-state index in [-0.39, 0.29) is 11.7 Å². The lowest BCUT2D eigenvalue weighted by atomic mass is 10.1. The highest BCUT2D eigenvalue weighted by molar-refractivity contribution is 6.02. The third-order valence-electron chi connectivity index (χ3n) is 5.33. The van der Waals surface area contributed by atoms with Gasteiger partial charge in [0.15, 0.2) is 0 Å². The van der Waals surface area contributed by atoms with Crippen molar-refractivity contribution in [1.82, 2.24) is 0 Å². The van der Waals surface area contributed by atoms with Gasteiger partial charge in [-0.05, 0) is 54.5 Å². The average molecular weight is 423 g/mol. The minimum atomic E-state index is -0.181. The summed E-state index contributed by atoms with van der Waals surface area (Å²) in [4.78, 5) is 12.1. The number of amides is 1. The minimum absolute atomic E-state index is 0.181. The van der Waals surface area contributed by atoms with Gasteiger partial charge < -0.3 is 15.7 Å². The van der Waals surface area contributed by atoms with Gasteiger partial charge in [-0.3, -0.25) is 4.79 Å². The minimum Gasteiger partial charge on any atom is -0.508 e. The Bertz CT molecular complexity index is 767. The summed E-state index contributed by atoms with van der Waals surface area (Å²) in [5.41, 5.74) is 2.71. The summed E-state index contributed by atoms with van der Waals surface area (Å²) in [6.07, 6.45) is 16.7. The van der Waals surface area contributed by atoms with E-state index in [2.05, 4.69) is 17.6 Å². The van der Waals surface area contributed by atoms with E-state index >= 15 is 0 Å². The van der Waals surface area contributed by atoms with Gasteiger partial charge >= 0.3 is 0 Å². The molecule has 0 aliphatic carbocycles. The van der Waals surface area contributed by atoms with E-state index < -0.39 is 0 Å². The fraction of sp³-hybridized carbons (Fsp3) is 0.444. The summed E-state index contributed by atoms with van der Waals surface area (Å²) < 4.78 is 0. The largest absolute Gasteiger partial charge is 0.508 e. The van der Waals surface area contributed by atoms with Crippen molar-refractivity contribution < 1.29 is 9.90 Å². The predicted molar refractivity (Wildman–Crippen MR) is 133 cm³/mol. The van der Waals surface area contributed by atoms with Crippen LogP contribution in [0, 0.1) is 0 Å². The topological polar surface area (TPSA) is 61.4 Å². The normalized spacial score (nSPS) is 11.0. The van der Waals surface area contributed by atoms with Gasteiger partial charge in [-0.25, -0.2) is 0 Å². The Balaban J connectivity index is 1.56. The maximum atomic E-state index is 12.1. The number of hydrogen-bond acceptors (Lipinski definition) is 3. The molecule has 0 saturated carbocycles. The van der Waals surface area contributed by atoms with Crippen molar-refractivity contribution in [2.45, 2.75) is 71.1 Å². The lowest BCUT2D eigenvalue weighted by Crippen LogP contribution is -2.08. The summed E-state index contributed by atoms with van der Waals surface area (Å²) in [5.74, 6) is 0.0302. The average Bonchev–Trinajstić information content (AvgIpc) is 2.78. The molecule has 0 bridgehead atoms. The van der Waals surface area contributed by atoms with Crippen molar-refractivity contribution >= 4 is 23.4 Å². The van der Waals surface area contributed by atoms with Crippen LogP contribution in [0.2, 0.25) is 0 Å². The van der Waals surface area contributed by atoms with Crippen LogP contribution in [-0.2, 0) is 4.79 Å². The number of anilines is 2. The SMILES string of the molecule is CCCCCCCCCCCCNc1ccc(NC(=O)C=Cc2ccc(O)cc2)cc1. The zero-order chi connectivity index (χ0) is 22.2. The molecular formula is C27H38N2O2. The molecular weight excluding hydrogens is 384 g/mol. The van der Waals surface area contributed by atoms with Crippen LogP contribution >= 0.6 is 0 Å². The summed E-state index contributed by atoms with van der Waals surface area (Å²) in [5, 5.41) is 15.6. The van der Waals surface area contributed by atoms with E-state index in [0.29, 0.717) is 0 Å². The number of benzene rings is 2. The third kappa shape index (κ3) is 11.3. The van der Waals surface area contributed by atoms with Gasteiger partial charge in [-0.15, -0.1) is 0 Å². The maximum absolute atomic E-state index is 12.1. The van der Waals surface area contributed by atoms with E-state index in [9.17, 15) is 9.90 Å². The molecule has 0 atom stereocenters. The van der Waals surface area contributed by atoms with Crippen molar-refractivity contribution in [3.05, 3.63) is 60.2 Å². The first-order valence-electron chi connectivity index (χ1n) is 11.8. The summed E-state index contributed by atoms with van der Waals surface area (Å²) in [6, 6.07) is 14.5. The molecule has 168 valence electrons. The van der Waals surface area contributed by atoms with Crippen LogP contribution < -0.4 is 10.6 Å². The molecule has 1 amide bonds. The Morgan fingerprint density at radius 3 is 1.94 bits per heavy atom. The second-order valence-electron chi connectivity index (χ2n) is 8.10. The molecule has 0 saturated heterocycles. The van der Waals surface area contributed by atoms with Crippen LogP contribution in [0.4, 0.5) is 11.4 Å². The fourth-order valence-corrected chi connectivity index (χ4v) is 3.46. The van der Waals surface area contributed by atoms with Gasteiger partial charge in [-0.2, -0.15) is 0 Å². The third-order valence-corrected chi connectivity index (χ3v) is 5.33. The van der Waals surface area contributed by atoms with Gasteiger partial charge in [0.1, 0.15) is 5.75 Å².